The van der Waals surface area contributed by atoms with Crippen LogP contribution >= 0.6 is 0 Å². The van der Waals surface area contributed by atoms with Crippen LogP contribution in [-0.4, -0.2) is 58.3 Å². The minimum atomic E-state index is -0.933. The lowest BCUT2D eigenvalue weighted by atomic mass is 10.0. The molecule has 11 nitrogen and oxygen atoms in total. The molecule has 1 aromatic heterocycles. The van der Waals surface area contributed by atoms with E-state index >= 15 is 0 Å². The summed E-state index contributed by atoms with van der Waals surface area (Å²) in [4.78, 5) is 59.9. The van der Waals surface area contributed by atoms with Crippen LogP contribution in [0.5, 0.6) is 0 Å². The number of nitrogens with zero attached hydrogens (tertiary/aromatic N) is 3. The van der Waals surface area contributed by atoms with Gasteiger partial charge >= 0.3 is 5.97 Å². The number of hydrogen-bond donors (Lipinski definition) is 3. The molecule has 0 fully saturated rings. The van der Waals surface area contributed by atoms with Crippen molar-refractivity contribution in [2.75, 3.05) is 25.1 Å². The van der Waals surface area contributed by atoms with E-state index in [9.17, 15) is 19.2 Å². The standard InChI is InChI=1S/C31H30N6O5/c1-42-30(41)25(7-4-16-37-28(39)21-5-2-3-6-22(21)29(37)40)34-27(38)20-13-10-18(11-14-20)8-9-19-12-15-24-23(17-19)26(32)36-31(33)35-24/h2-3,5-6,10-15,17,25H,4,7-9,16H2,1H3,(H,34,38)(H4,32,33,35,36). The van der Waals surface area contributed by atoms with Gasteiger partial charge < -0.3 is 21.5 Å². The van der Waals surface area contributed by atoms with Gasteiger partial charge in [-0.15, -0.1) is 0 Å². The average molecular weight is 567 g/mol. The van der Waals surface area contributed by atoms with E-state index in [1.807, 2.05) is 30.3 Å². The Balaban J connectivity index is 1.16. The number of nitrogens with two attached hydrogens (primary N) is 2. The molecule has 42 heavy (non-hydrogen) atoms. The minimum absolute atomic E-state index is 0.120. The molecule has 5 N–H and O–H groups in total. The van der Waals surface area contributed by atoms with E-state index in [0.29, 0.717) is 34.4 Å². The van der Waals surface area contributed by atoms with Crippen molar-refractivity contribution in [3.63, 3.8) is 0 Å². The molecule has 0 bridgehead atoms. The van der Waals surface area contributed by atoms with E-state index in [2.05, 4.69) is 15.3 Å². The van der Waals surface area contributed by atoms with Crippen molar-refractivity contribution in [2.45, 2.75) is 31.7 Å². The van der Waals surface area contributed by atoms with E-state index in [0.717, 1.165) is 34.3 Å². The predicted octanol–water partition coefficient (Wildman–Crippen LogP) is 2.93. The number of rotatable bonds is 10. The second-order valence-corrected chi connectivity index (χ2v) is 10.0. The average Bonchev–Trinajstić information content (AvgIpc) is 3.24. The van der Waals surface area contributed by atoms with E-state index in [4.69, 9.17) is 16.2 Å². The van der Waals surface area contributed by atoms with Gasteiger partial charge in [-0.2, -0.15) is 4.98 Å². The quantitative estimate of drug-likeness (QED) is 0.193. The number of methoxy groups -OCH3 is 1. The van der Waals surface area contributed by atoms with Crippen LogP contribution in [0.2, 0.25) is 0 Å². The second-order valence-electron chi connectivity index (χ2n) is 10.0. The largest absolute Gasteiger partial charge is 0.467 e. The Labute approximate surface area is 241 Å². The number of esters is 1. The fraction of sp³-hybridized carbons (Fsp3) is 0.226. The van der Waals surface area contributed by atoms with E-state index in [1.165, 1.54) is 7.11 Å². The predicted molar refractivity (Wildman–Crippen MR) is 157 cm³/mol. The molecule has 3 amide bonds. The smallest absolute Gasteiger partial charge is 0.328 e. The lowest BCUT2D eigenvalue weighted by molar-refractivity contribution is -0.143. The van der Waals surface area contributed by atoms with E-state index in [1.54, 1.807) is 36.4 Å². The van der Waals surface area contributed by atoms with Crippen molar-refractivity contribution in [3.05, 3.63) is 94.5 Å². The third-order valence-corrected chi connectivity index (χ3v) is 7.27. The molecule has 2 heterocycles. The summed E-state index contributed by atoms with van der Waals surface area (Å²) in [6.45, 7) is 0.120. The zero-order valence-electron chi connectivity index (χ0n) is 23.0. The molecular weight excluding hydrogens is 536 g/mol. The third kappa shape index (κ3) is 5.90. The maximum absolute atomic E-state index is 12.9. The van der Waals surface area contributed by atoms with Crippen molar-refractivity contribution in [3.8, 4) is 0 Å². The lowest BCUT2D eigenvalue weighted by Gasteiger charge is -2.19. The Kier molecular flexibility index (Phi) is 8.09. The summed E-state index contributed by atoms with van der Waals surface area (Å²) in [6.07, 6.45) is 1.97. The van der Waals surface area contributed by atoms with Crippen LogP contribution in [-0.2, 0) is 22.4 Å². The number of carbonyl (C=O) groups is 4. The normalized spacial score (nSPS) is 13.2. The number of carbonyl (C=O) groups excluding carboxylic acids is 4. The van der Waals surface area contributed by atoms with Gasteiger partial charge in [0, 0.05) is 17.5 Å². The first-order valence-electron chi connectivity index (χ1n) is 13.5. The molecule has 0 radical (unpaired) electrons. The first-order chi connectivity index (χ1) is 20.2. The molecule has 0 aliphatic carbocycles. The third-order valence-electron chi connectivity index (χ3n) is 7.27. The number of benzene rings is 3. The van der Waals surface area contributed by atoms with Gasteiger partial charge in [-0.3, -0.25) is 19.3 Å². The highest BCUT2D eigenvalue weighted by atomic mass is 16.5. The molecule has 214 valence electrons. The maximum Gasteiger partial charge on any atom is 0.328 e. The summed E-state index contributed by atoms with van der Waals surface area (Å²) in [6, 6.07) is 18.6. The van der Waals surface area contributed by atoms with Gasteiger partial charge in [0.1, 0.15) is 11.9 Å². The summed E-state index contributed by atoms with van der Waals surface area (Å²) in [5.41, 5.74) is 15.6. The zero-order valence-corrected chi connectivity index (χ0v) is 23.0. The summed E-state index contributed by atoms with van der Waals surface area (Å²) in [5, 5.41) is 3.47. The summed E-state index contributed by atoms with van der Waals surface area (Å²) in [7, 11) is 1.24. The van der Waals surface area contributed by atoms with Gasteiger partial charge in [-0.05, 0) is 73.2 Å². The van der Waals surface area contributed by atoms with Gasteiger partial charge in [0.2, 0.25) is 5.95 Å². The highest BCUT2D eigenvalue weighted by Gasteiger charge is 2.35. The van der Waals surface area contributed by atoms with Gasteiger partial charge in [0.15, 0.2) is 0 Å². The van der Waals surface area contributed by atoms with Gasteiger partial charge in [0.05, 0.1) is 23.8 Å². The number of fused-ring (bicyclic) bond motifs is 2. The maximum atomic E-state index is 12.9. The van der Waals surface area contributed by atoms with Crippen LogP contribution < -0.4 is 16.8 Å². The number of anilines is 2. The van der Waals surface area contributed by atoms with Crippen molar-refractivity contribution < 1.29 is 23.9 Å². The number of nitrogen functional groups attached to an aromatic ring is 2. The summed E-state index contributed by atoms with van der Waals surface area (Å²) in [5.74, 6) is -1.29. The van der Waals surface area contributed by atoms with Crippen LogP contribution in [0.4, 0.5) is 11.8 Å². The van der Waals surface area contributed by atoms with Gasteiger partial charge in [-0.1, -0.05) is 30.3 Å². The van der Waals surface area contributed by atoms with Crippen LogP contribution in [0, 0.1) is 0 Å². The summed E-state index contributed by atoms with van der Waals surface area (Å²) < 4.78 is 4.87. The SMILES string of the molecule is COC(=O)C(CCCN1C(=O)c2ccccc2C1=O)NC(=O)c1ccc(CCc2ccc3nc(N)nc(N)c3c2)cc1. The molecular formula is C31H30N6O5. The van der Waals surface area contributed by atoms with E-state index in [-0.39, 0.29) is 30.7 Å². The molecule has 11 heteroatoms. The van der Waals surface area contributed by atoms with E-state index < -0.39 is 17.9 Å². The fourth-order valence-corrected chi connectivity index (χ4v) is 5.01. The first-order valence-corrected chi connectivity index (χ1v) is 13.5. The molecule has 0 saturated heterocycles. The highest BCUT2D eigenvalue weighted by Crippen LogP contribution is 2.23. The number of ether oxygens (including phenoxy) is 1. The number of aryl methyl sites for hydroxylation is 2. The zero-order chi connectivity index (χ0) is 29.8. The Morgan fingerprint density at radius 1 is 0.905 bits per heavy atom. The van der Waals surface area contributed by atoms with Crippen molar-refractivity contribution in [1.82, 2.24) is 20.2 Å². The molecule has 0 saturated carbocycles. The highest BCUT2D eigenvalue weighted by molar-refractivity contribution is 6.21. The first kappa shape index (κ1) is 28.2. The number of imide groups is 1. The second kappa shape index (κ2) is 12.0. The Morgan fingerprint density at radius 2 is 1.55 bits per heavy atom. The molecule has 5 rings (SSSR count). The number of aromatic nitrogens is 2. The minimum Gasteiger partial charge on any atom is -0.467 e. The molecule has 1 atom stereocenters. The number of nitrogens with one attached hydrogen (secondary N) is 1. The molecule has 1 aliphatic rings. The van der Waals surface area contributed by atoms with Crippen LogP contribution in [0.25, 0.3) is 10.9 Å². The lowest BCUT2D eigenvalue weighted by Crippen LogP contribution is -2.42. The number of amides is 3. The van der Waals surface area contributed by atoms with Crippen LogP contribution in [0.1, 0.15) is 55.0 Å². The van der Waals surface area contributed by atoms with Crippen molar-refractivity contribution in [1.29, 1.82) is 0 Å². The Hall–Kier alpha value is -5.32. The van der Waals surface area contributed by atoms with Crippen molar-refractivity contribution in [2.24, 2.45) is 0 Å². The fourth-order valence-electron chi connectivity index (χ4n) is 5.01. The Bertz CT molecular complexity index is 1650. The number of hydrogen-bond acceptors (Lipinski definition) is 9. The van der Waals surface area contributed by atoms with Crippen molar-refractivity contribution >= 4 is 46.4 Å². The Morgan fingerprint density at radius 3 is 2.21 bits per heavy atom. The topological polar surface area (TPSA) is 171 Å². The van der Waals surface area contributed by atoms with Gasteiger partial charge in [-0.25, -0.2) is 9.78 Å². The summed E-state index contributed by atoms with van der Waals surface area (Å²) >= 11 is 0. The van der Waals surface area contributed by atoms with Gasteiger partial charge in [0.25, 0.3) is 17.7 Å². The molecule has 3 aromatic carbocycles. The molecule has 1 unspecified atom stereocenters. The monoisotopic (exact) mass is 566 g/mol. The molecule has 1 aliphatic heterocycles. The van der Waals surface area contributed by atoms with Crippen LogP contribution in [0.3, 0.4) is 0 Å². The molecule has 4 aromatic rings. The van der Waals surface area contributed by atoms with Crippen LogP contribution in [0.15, 0.2) is 66.7 Å². The molecule has 0 spiro atoms.